The van der Waals surface area contributed by atoms with Crippen molar-refractivity contribution in [2.75, 3.05) is 39.3 Å². The van der Waals surface area contributed by atoms with E-state index in [0.717, 1.165) is 75.6 Å². The lowest BCUT2D eigenvalue weighted by molar-refractivity contribution is 0.172. The Morgan fingerprint density at radius 2 is 1.89 bits per heavy atom. The zero-order chi connectivity index (χ0) is 19.8. The molecule has 2 aromatic rings. The molecule has 1 aromatic heterocycles. The Balaban J connectivity index is 1.51. The van der Waals surface area contributed by atoms with Crippen molar-refractivity contribution in [1.29, 1.82) is 0 Å². The molecule has 3 rings (SSSR count). The van der Waals surface area contributed by atoms with Crippen molar-refractivity contribution in [3.63, 3.8) is 0 Å². The summed E-state index contributed by atoms with van der Waals surface area (Å²) in [5, 5.41) is 12.3. The summed E-state index contributed by atoms with van der Waals surface area (Å²) in [5.41, 5.74) is 1.30. The van der Waals surface area contributed by atoms with Crippen LogP contribution in [0.15, 0.2) is 35.6 Å². The van der Waals surface area contributed by atoms with Crippen LogP contribution in [0.4, 0.5) is 0 Å². The molecule has 0 spiro atoms. The lowest BCUT2D eigenvalue weighted by Gasteiger charge is -2.36. The summed E-state index contributed by atoms with van der Waals surface area (Å²) in [5.74, 6) is 2.01. The molecular formula is C20H30ClN7. The molecule has 0 radical (unpaired) electrons. The number of benzene rings is 1. The van der Waals surface area contributed by atoms with Crippen molar-refractivity contribution in [1.82, 2.24) is 29.9 Å². The predicted molar refractivity (Wildman–Crippen MR) is 114 cm³/mol. The number of guanidine groups is 1. The van der Waals surface area contributed by atoms with E-state index in [1.54, 1.807) is 6.33 Å². The molecule has 0 bridgehead atoms. The van der Waals surface area contributed by atoms with Gasteiger partial charge in [0.05, 0.1) is 6.54 Å². The molecule has 1 fully saturated rings. The van der Waals surface area contributed by atoms with Gasteiger partial charge in [-0.05, 0) is 24.6 Å². The smallest absolute Gasteiger partial charge is 0.194 e. The van der Waals surface area contributed by atoms with Crippen LogP contribution in [-0.4, -0.2) is 69.8 Å². The summed E-state index contributed by atoms with van der Waals surface area (Å²) in [6.07, 6.45) is 2.68. The Morgan fingerprint density at radius 3 is 2.57 bits per heavy atom. The highest BCUT2D eigenvalue weighted by Crippen LogP contribution is 2.13. The summed E-state index contributed by atoms with van der Waals surface area (Å²) in [6.45, 7) is 11.6. The topological polar surface area (TPSA) is 61.6 Å². The van der Waals surface area contributed by atoms with Crippen molar-refractivity contribution in [3.05, 3.63) is 47.0 Å². The molecule has 7 nitrogen and oxygen atoms in total. The quantitative estimate of drug-likeness (QED) is 0.567. The van der Waals surface area contributed by atoms with Crippen LogP contribution in [0, 0.1) is 0 Å². The number of aromatic nitrogens is 3. The minimum Gasteiger partial charge on any atom is -0.357 e. The Kier molecular flexibility index (Phi) is 7.68. The second kappa shape index (κ2) is 10.4. The summed E-state index contributed by atoms with van der Waals surface area (Å²) in [7, 11) is 0. The van der Waals surface area contributed by atoms with Crippen LogP contribution >= 0.6 is 11.6 Å². The minimum atomic E-state index is 0.721. The van der Waals surface area contributed by atoms with E-state index in [-0.39, 0.29) is 0 Å². The summed E-state index contributed by atoms with van der Waals surface area (Å²) in [6, 6.07) is 8.14. The number of hydrogen-bond acceptors (Lipinski definition) is 4. The van der Waals surface area contributed by atoms with Gasteiger partial charge in [0.25, 0.3) is 0 Å². The second-order valence-corrected chi connectivity index (χ2v) is 7.36. The second-order valence-electron chi connectivity index (χ2n) is 6.92. The molecular weight excluding hydrogens is 374 g/mol. The average Bonchev–Trinajstić information content (AvgIpc) is 3.17. The van der Waals surface area contributed by atoms with Crippen LogP contribution in [0.25, 0.3) is 0 Å². The highest BCUT2D eigenvalue weighted by molar-refractivity contribution is 6.30. The zero-order valence-electron chi connectivity index (χ0n) is 16.8. The highest BCUT2D eigenvalue weighted by atomic mass is 35.5. The van der Waals surface area contributed by atoms with E-state index in [2.05, 4.69) is 55.9 Å². The number of nitrogens with one attached hydrogen (secondary N) is 1. The predicted octanol–water partition coefficient (Wildman–Crippen LogP) is 2.28. The molecule has 28 heavy (non-hydrogen) atoms. The van der Waals surface area contributed by atoms with Gasteiger partial charge >= 0.3 is 0 Å². The fourth-order valence-electron chi connectivity index (χ4n) is 3.39. The lowest BCUT2D eigenvalue weighted by Crippen LogP contribution is -2.52. The van der Waals surface area contributed by atoms with E-state index >= 15 is 0 Å². The van der Waals surface area contributed by atoms with E-state index in [1.165, 1.54) is 5.56 Å². The third kappa shape index (κ3) is 5.69. The molecule has 0 saturated carbocycles. The molecule has 152 valence electrons. The summed E-state index contributed by atoms with van der Waals surface area (Å²) < 4.78 is 2.08. The molecule has 0 aliphatic carbocycles. The van der Waals surface area contributed by atoms with Crippen molar-refractivity contribution in [2.45, 2.75) is 33.4 Å². The first kappa shape index (κ1) is 20.6. The van der Waals surface area contributed by atoms with Gasteiger partial charge in [0.1, 0.15) is 12.2 Å². The van der Waals surface area contributed by atoms with Gasteiger partial charge in [-0.1, -0.05) is 30.7 Å². The van der Waals surface area contributed by atoms with Gasteiger partial charge in [0, 0.05) is 57.3 Å². The van der Waals surface area contributed by atoms with Crippen molar-refractivity contribution in [3.8, 4) is 0 Å². The number of halogens is 1. The molecule has 1 aromatic carbocycles. The van der Waals surface area contributed by atoms with Gasteiger partial charge in [-0.15, -0.1) is 10.2 Å². The maximum absolute atomic E-state index is 5.98. The van der Waals surface area contributed by atoms with Crippen molar-refractivity contribution < 1.29 is 0 Å². The van der Waals surface area contributed by atoms with Gasteiger partial charge in [-0.25, -0.2) is 0 Å². The monoisotopic (exact) mass is 403 g/mol. The Labute approximate surface area is 172 Å². The number of nitrogens with zero attached hydrogens (tertiary/aromatic N) is 6. The first-order valence-corrected chi connectivity index (χ1v) is 10.4. The molecule has 1 aliphatic heterocycles. The van der Waals surface area contributed by atoms with Gasteiger partial charge in [0.2, 0.25) is 0 Å². The maximum Gasteiger partial charge on any atom is 0.194 e. The SMILES string of the molecule is CCNC(=NCCn1cnnc1CC)N1CCN(Cc2ccc(Cl)cc2)CC1. The number of piperazine rings is 1. The van der Waals surface area contributed by atoms with Crippen LogP contribution in [-0.2, 0) is 19.5 Å². The Morgan fingerprint density at radius 1 is 1.14 bits per heavy atom. The molecule has 1 saturated heterocycles. The van der Waals surface area contributed by atoms with Crippen molar-refractivity contribution in [2.24, 2.45) is 4.99 Å². The first-order chi connectivity index (χ1) is 13.7. The number of aryl methyl sites for hydroxylation is 1. The summed E-state index contributed by atoms with van der Waals surface area (Å²) >= 11 is 5.98. The van der Waals surface area contributed by atoms with Crippen LogP contribution in [0.5, 0.6) is 0 Å². The normalized spacial score (nSPS) is 15.8. The van der Waals surface area contributed by atoms with E-state index in [1.807, 2.05) is 12.1 Å². The number of hydrogen-bond donors (Lipinski definition) is 1. The Hall–Kier alpha value is -2.12. The van der Waals surface area contributed by atoms with Gasteiger partial charge in [0.15, 0.2) is 5.96 Å². The fraction of sp³-hybridized carbons (Fsp3) is 0.550. The first-order valence-electron chi connectivity index (χ1n) is 10.1. The van der Waals surface area contributed by atoms with Gasteiger partial charge in [-0.2, -0.15) is 0 Å². The number of aliphatic imine (C=N–C) groups is 1. The van der Waals surface area contributed by atoms with E-state index in [0.29, 0.717) is 0 Å². The molecule has 1 N–H and O–H groups in total. The fourth-order valence-corrected chi connectivity index (χ4v) is 3.52. The molecule has 0 atom stereocenters. The van der Waals surface area contributed by atoms with Crippen molar-refractivity contribution >= 4 is 17.6 Å². The van der Waals surface area contributed by atoms with Crippen LogP contribution in [0.2, 0.25) is 5.02 Å². The molecule has 0 amide bonds. The van der Waals surface area contributed by atoms with E-state index in [4.69, 9.17) is 16.6 Å². The van der Waals surface area contributed by atoms with Gasteiger partial charge in [-0.3, -0.25) is 9.89 Å². The molecule has 1 aliphatic rings. The van der Waals surface area contributed by atoms with E-state index in [9.17, 15) is 0 Å². The van der Waals surface area contributed by atoms with E-state index < -0.39 is 0 Å². The standard InChI is InChI=1S/C20H30ClN7/c1-3-19-25-24-16-28(19)10-9-23-20(22-4-2)27-13-11-26(12-14-27)15-17-5-7-18(21)8-6-17/h5-8,16H,3-4,9-15H2,1-2H3,(H,22,23). The van der Waals surface area contributed by atoms with Gasteiger partial charge < -0.3 is 14.8 Å². The third-order valence-corrected chi connectivity index (χ3v) is 5.19. The van der Waals surface area contributed by atoms with Crippen LogP contribution in [0.3, 0.4) is 0 Å². The molecule has 8 heteroatoms. The highest BCUT2D eigenvalue weighted by Gasteiger charge is 2.19. The lowest BCUT2D eigenvalue weighted by atomic mass is 10.2. The molecule has 0 unspecified atom stereocenters. The minimum absolute atomic E-state index is 0.721. The van der Waals surface area contributed by atoms with Crippen LogP contribution in [0.1, 0.15) is 25.2 Å². The number of rotatable bonds is 7. The average molecular weight is 404 g/mol. The molecule has 2 heterocycles. The summed E-state index contributed by atoms with van der Waals surface area (Å²) in [4.78, 5) is 9.66. The maximum atomic E-state index is 5.98. The zero-order valence-corrected chi connectivity index (χ0v) is 17.6. The van der Waals surface area contributed by atoms with Crippen LogP contribution < -0.4 is 5.32 Å². The Bertz CT molecular complexity index is 748. The largest absolute Gasteiger partial charge is 0.357 e. The third-order valence-electron chi connectivity index (χ3n) is 4.94.